The van der Waals surface area contributed by atoms with E-state index in [1.807, 2.05) is 43.3 Å². The van der Waals surface area contributed by atoms with Gasteiger partial charge in [0.05, 0.1) is 18.7 Å². The average Bonchev–Trinajstić information content (AvgIpc) is 2.71. The lowest BCUT2D eigenvalue weighted by molar-refractivity contribution is -0.136. The van der Waals surface area contributed by atoms with Gasteiger partial charge in [-0.1, -0.05) is 29.8 Å². The van der Waals surface area contributed by atoms with E-state index in [0.717, 1.165) is 39.1 Å². The summed E-state index contributed by atoms with van der Waals surface area (Å²) < 4.78 is 14.6. The van der Waals surface area contributed by atoms with Crippen LogP contribution in [0, 0.1) is 20.8 Å². The third kappa shape index (κ3) is 3.57. The summed E-state index contributed by atoms with van der Waals surface area (Å²) in [5.41, 5.74) is 8.33. The van der Waals surface area contributed by atoms with Gasteiger partial charge in [-0.05, 0) is 77.9 Å². The number of hydrogen-bond donors (Lipinski definition) is 2. The zero-order chi connectivity index (χ0) is 23.3. The molecule has 1 atom stereocenters. The molecule has 1 aliphatic rings. The molecule has 0 fully saturated rings. The Bertz CT molecular complexity index is 1300. The topological polar surface area (TPSA) is 77.8 Å². The minimum Gasteiger partial charge on any atom is -0.507 e. The molecule has 0 bridgehead atoms. The molecule has 3 aromatic carbocycles. The van der Waals surface area contributed by atoms with Crippen molar-refractivity contribution in [3.8, 4) is 28.0 Å². The second-order valence-electron chi connectivity index (χ2n) is 8.13. The molecule has 0 aromatic heterocycles. The summed E-state index contributed by atoms with van der Waals surface area (Å²) in [6, 6.07) is 10.9. The maximum Gasteiger partial charge on any atom is 0.307 e. The molecule has 1 aliphatic heterocycles. The highest BCUT2D eigenvalue weighted by molar-refractivity contribution is 7.85. The minimum absolute atomic E-state index is 0.0108. The molecule has 1 heterocycles. The number of carbonyl (C=O) groups is 1. The number of aryl methyl sites for hydroxylation is 1. The minimum atomic E-state index is -1.31. The van der Waals surface area contributed by atoms with Gasteiger partial charge in [0.25, 0.3) is 0 Å². The van der Waals surface area contributed by atoms with Crippen LogP contribution in [-0.2, 0) is 28.7 Å². The van der Waals surface area contributed by atoms with Crippen molar-refractivity contribution in [2.45, 2.75) is 33.7 Å². The summed E-state index contributed by atoms with van der Waals surface area (Å²) >= 11 is 6.06. The second kappa shape index (κ2) is 8.26. The Morgan fingerprint density at radius 1 is 1.09 bits per heavy atom. The maximum absolute atomic E-state index is 12.8. The number of phenols is 1. The summed E-state index contributed by atoms with van der Waals surface area (Å²) in [6.45, 7) is 6.33. The van der Waals surface area contributed by atoms with Crippen molar-refractivity contribution in [2.24, 2.45) is 0 Å². The number of aromatic hydroxyl groups is 1. The number of anilines is 1. The molecule has 5 nitrogen and oxygen atoms in total. The van der Waals surface area contributed by atoms with Crippen LogP contribution in [0.15, 0.2) is 36.4 Å². The molecule has 7 heteroatoms. The Morgan fingerprint density at radius 3 is 2.44 bits per heavy atom. The number of phenolic OH excluding ortho intramolecular Hbond substituents is 1. The molecular weight excluding hydrogens is 446 g/mol. The number of fused-ring (bicyclic) bond motifs is 3. The van der Waals surface area contributed by atoms with E-state index < -0.39 is 17.0 Å². The number of hydrogen-bond acceptors (Lipinski definition) is 3. The van der Waals surface area contributed by atoms with Crippen LogP contribution in [0.1, 0.15) is 27.8 Å². The van der Waals surface area contributed by atoms with Gasteiger partial charge in [0.1, 0.15) is 16.7 Å². The van der Waals surface area contributed by atoms with Gasteiger partial charge in [0.15, 0.2) is 0 Å². The standard InChI is InChI=1S/C25H24ClNO4S/c1-13-6-5-7-16-12-27(32(4)31)25-14(2)19(11-21(29)30)23(15(3)24(25)22(13)16)18-9-8-17(26)10-20(18)28/h5-10,28H,11-12H2,1-4H3,(H,29,30). The largest absolute Gasteiger partial charge is 0.507 e. The van der Waals surface area contributed by atoms with E-state index in [9.17, 15) is 19.2 Å². The summed E-state index contributed by atoms with van der Waals surface area (Å²) in [5, 5.41) is 20.8. The number of rotatable bonds is 4. The first kappa shape index (κ1) is 22.4. The second-order valence-corrected chi connectivity index (χ2v) is 9.85. The highest BCUT2D eigenvalue weighted by atomic mass is 35.5. The van der Waals surface area contributed by atoms with Crippen molar-refractivity contribution < 1.29 is 19.2 Å². The van der Waals surface area contributed by atoms with Gasteiger partial charge in [-0.15, -0.1) is 0 Å². The van der Waals surface area contributed by atoms with Crippen molar-refractivity contribution in [3.05, 3.63) is 69.2 Å². The van der Waals surface area contributed by atoms with Crippen LogP contribution in [0.2, 0.25) is 5.02 Å². The average molecular weight is 470 g/mol. The predicted octanol–water partition coefficient (Wildman–Crippen LogP) is 5.55. The molecule has 0 amide bonds. The molecule has 0 saturated heterocycles. The molecular formula is C25H24ClNO4S. The lowest BCUT2D eigenvalue weighted by atomic mass is 9.79. The van der Waals surface area contributed by atoms with E-state index in [4.69, 9.17) is 11.6 Å². The van der Waals surface area contributed by atoms with E-state index in [-0.39, 0.29) is 12.2 Å². The third-order valence-electron chi connectivity index (χ3n) is 6.14. The monoisotopic (exact) mass is 469 g/mol. The first-order chi connectivity index (χ1) is 15.1. The molecule has 32 heavy (non-hydrogen) atoms. The molecule has 1 unspecified atom stereocenters. The molecule has 3 aromatic rings. The number of carboxylic acids is 1. The summed E-state index contributed by atoms with van der Waals surface area (Å²) in [7, 11) is -1.31. The van der Waals surface area contributed by atoms with Crippen molar-refractivity contribution in [1.29, 1.82) is 0 Å². The van der Waals surface area contributed by atoms with Crippen LogP contribution in [-0.4, -0.2) is 26.6 Å². The van der Waals surface area contributed by atoms with E-state index in [1.165, 1.54) is 6.07 Å². The Morgan fingerprint density at radius 2 is 1.81 bits per heavy atom. The van der Waals surface area contributed by atoms with Crippen LogP contribution in [0.5, 0.6) is 5.75 Å². The number of aliphatic carboxylic acids is 1. The van der Waals surface area contributed by atoms with Crippen molar-refractivity contribution in [2.75, 3.05) is 10.6 Å². The van der Waals surface area contributed by atoms with E-state index >= 15 is 0 Å². The lowest BCUT2D eigenvalue weighted by Crippen LogP contribution is -2.30. The zero-order valence-corrected chi connectivity index (χ0v) is 19.9. The van der Waals surface area contributed by atoms with Crippen LogP contribution < -0.4 is 4.31 Å². The van der Waals surface area contributed by atoms with Crippen molar-refractivity contribution >= 4 is 34.2 Å². The number of nitrogens with zero attached hydrogens (tertiary/aromatic N) is 1. The Labute approximate surface area is 194 Å². The number of carboxylic acid groups (broad SMARTS) is 1. The predicted molar refractivity (Wildman–Crippen MR) is 130 cm³/mol. The van der Waals surface area contributed by atoms with Crippen LogP contribution in [0.25, 0.3) is 22.3 Å². The fraction of sp³-hybridized carbons (Fsp3) is 0.240. The Hall–Kier alpha value is -2.83. The smallest absolute Gasteiger partial charge is 0.307 e. The van der Waals surface area contributed by atoms with Gasteiger partial charge >= 0.3 is 5.97 Å². The molecule has 0 radical (unpaired) electrons. The lowest BCUT2D eigenvalue weighted by Gasteiger charge is -2.36. The fourth-order valence-corrected chi connectivity index (χ4v) is 5.76. The molecule has 0 spiro atoms. The van der Waals surface area contributed by atoms with Crippen LogP contribution >= 0.6 is 11.6 Å². The fourth-order valence-electron chi connectivity index (χ4n) is 4.79. The van der Waals surface area contributed by atoms with Gasteiger partial charge in [0.2, 0.25) is 0 Å². The molecule has 0 saturated carbocycles. The molecule has 2 N–H and O–H groups in total. The van der Waals surface area contributed by atoms with Gasteiger partial charge in [-0.3, -0.25) is 9.10 Å². The van der Waals surface area contributed by atoms with Gasteiger partial charge < -0.3 is 10.2 Å². The van der Waals surface area contributed by atoms with Crippen molar-refractivity contribution in [3.63, 3.8) is 0 Å². The molecule has 166 valence electrons. The zero-order valence-electron chi connectivity index (χ0n) is 18.3. The van der Waals surface area contributed by atoms with Crippen LogP contribution in [0.4, 0.5) is 5.69 Å². The molecule has 4 rings (SSSR count). The van der Waals surface area contributed by atoms with Gasteiger partial charge in [-0.2, -0.15) is 0 Å². The first-order valence-corrected chi connectivity index (χ1v) is 12.1. The summed E-state index contributed by atoms with van der Waals surface area (Å²) in [5.74, 6) is -0.984. The van der Waals surface area contributed by atoms with Crippen LogP contribution in [0.3, 0.4) is 0 Å². The highest BCUT2D eigenvalue weighted by Gasteiger charge is 2.32. The summed E-state index contributed by atoms with van der Waals surface area (Å²) in [6.07, 6.45) is 1.41. The van der Waals surface area contributed by atoms with Crippen molar-refractivity contribution in [1.82, 2.24) is 0 Å². The highest BCUT2D eigenvalue weighted by Crippen LogP contribution is 2.51. The van der Waals surface area contributed by atoms with E-state index in [0.29, 0.717) is 28.3 Å². The quantitative estimate of drug-likeness (QED) is 0.525. The Balaban J connectivity index is 2.19. The van der Waals surface area contributed by atoms with Gasteiger partial charge in [-0.25, -0.2) is 4.21 Å². The van der Waals surface area contributed by atoms with E-state index in [2.05, 4.69) is 0 Å². The first-order valence-electron chi connectivity index (χ1n) is 10.2. The number of halogens is 1. The number of benzene rings is 3. The maximum atomic E-state index is 12.8. The van der Waals surface area contributed by atoms with Gasteiger partial charge in [0, 0.05) is 22.4 Å². The van der Waals surface area contributed by atoms with E-state index in [1.54, 1.807) is 18.4 Å². The summed E-state index contributed by atoms with van der Waals surface area (Å²) in [4.78, 5) is 11.8. The Kier molecular flexibility index (Phi) is 5.77. The normalized spacial score (nSPS) is 13.5. The SMILES string of the molecule is Cc1cccc2c1-c1c(C)c(-c3ccc(Cl)cc3O)c(CC(=O)O)c(C)c1N(S(C)=O)C2. The molecule has 0 aliphatic carbocycles. The third-order valence-corrected chi connectivity index (χ3v) is 7.30.